The molecule has 0 unspecified atom stereocenters. The van der Waals surface area contributed by atoms with E-state index in [4.69, 9.17) is 8.83 Å². The normalized spacial score (nSPS) is 21.6. The van der Waals surface area contributed by atoms with Crippen molar-refractivity contribution in [1.29, 1.82) is 0 Å². The number of benzene rings is 2. The van der Waals surface area contributed by atoms with Gasteiger partial charge in [-0.2, -0.15) is 0 Å². The molecule has 4 aliphatic rings. The Morgan fingerprint density at radius 1 is 0.324 bits per heavy atom. The van der Waals surface area contributed by atoms with E-state index >= 15 is 0 Å². The van der Waals surface area contributed by atoms with Crippen LogP contribution in [0, 0.1) is 0 Å². The summed E-state index contributed by atoms with van der Waals surface area (Å²) in [7, 11) is -3.52. The smallest absolute Gasteiger partial charge is 0.119 e. The standard InChI is InChI=1S/C64H96O2Si2/c1-17-57(18-2)41-61(25-9,26-10)51-45(57)39-46-52(62(27-11,28-12)42-58(46,19-3)20-4)55(51)67(49-35-33-37-65-49)68(50-36-34-38-66-50)56-53-47(59(21-5,22-6)43-63(53,29-13)30-14)40-48-54(56)64(31-15,32-16)44-60(48,23-7)24-8/h33-40H,17-32,41-44H2,1-16H3/b68-67+. The Kier molecular flexibility index (Phi) is 14.3. The zero-order valence-corrected chi connectivity index (χ0v) is 48.6. The number of rotatable bonds is 20. The van der Waals surface area contributed by atoms with Gasteiger partial charge in [-0.05, 0) is 251 Å². The molecule has 372 valence electrons. The fourth-order valence-corrected chi connectivity index (χ4v) is 27.9. The molecule has 0 bridgehead atoms. The lowest BCUT2D eigenvalue weighted by atomic mass is 9.70. The van der Waals surface area contributed by atoms with Gasteiger partial charge in [0.15, 0.2) is 0 Å². The Balaban J connectivity index is 1.79. The van der Waals surface area contributed by atoms with E-state index in [0.29, 0.717) is 0 Å². The first-order valence-electron chi connectivity index (χ1n) is 29.0. The van der Waals surface area contributed by atoms with Gasteiger partial charge in [0.2, 0.25) is 0 Å². The molecule has 2 nitrogen and oxygen atoms in total. The molecule has 4 aromatic rings. The van der Waals surface area contributed by atoms with Crippen molar-refractivity contribution < 1.29 is 8.83 Å². The van der Waals surface area contributed by atoms with Gasteiger partial charge in [0.1, 0.15) is 26.5 Å². The summed E-state index contributed by atoms with van der Waals surface area (Å²) in [5.74, 6) is 0. The first-order valence-corrected chi connectivity index (χ1v) is 33.0. The number of furan rings is 2. The first kappa shape index (κ1) is 51.8. The minimum atomic E-state index is -1.76. The van der Waals surface area contributed by atoms with Crippen molar-refractivity contribution in [2.45, 2.75) is 283 Å². The monoisotopic (exact) mass is 953 g/mol. The lowest BCUT2D eigenvalue weighted by Crippen LogP contribution is -2.58. The van der Waals surface area contributed by atoms with Crippen LogP contribution in [0.2, 0.25) is 0 Å². The lowest BCUT2D eigenvalue weighted by Gasteiger charge is -2.38. The summed E-state index contributed by atoms with van der Waals surface area (Å²) in [4.78, 5) is 0. The average Bonchev–Trinajstić information content (AvgIpc) is 4.27. The Labute approximate surface area is 419 Å². The van der Waals surface area contributed by atoms with Crippen molar-refractivity contribution in [3.8, 4) is 0 Å². The van der Waals surface area contributed by atoms with E-state index in [1.165, 1.54) is 139 Å². The van der Waals surface area contributed by atoms with Crippen LogP contribution in [0.5, 0.6) is 0 Å². The molecule has 0 aliphatic heterocycles. The summed E-state index contributed by atoms with van der Waals surface area (Å²) in [5.41, 5.74) is 15.2. The molecular weight excluding hydrogens is 857 g/mol. The van der Waals surface area contributed by atoms with Crippen molar-refractivity contribution in [2.24, 2.45) is 0 Å². The van der Waals surface area contributed by atoms with Crippen LogP contribution in [-0.4, -0.2) is 15.8 Å². The minimum Gasteiger partial charge on any atom is -0.471 e. The largest absolute Gasteiger partial charge is 0.471 e. The summed E-state index contributed by atoms with van der Waals surface area (Å²) < 4.78 is 14.6. The Morgan fingerprint density at radius 3 is 0.691 bits per heavy atom. The Hall–Kier alpha value is -2.57. The van der Waals surface area contributed by atoms with Gasteiger partial charge in [-0.25, -0.2) is 0 Å². The molecule has 0 spiro atoms. The molecule has 2 heterocycles. The second kappa shape index (κ2) is 18.8. The molecule has 0 amide bonds. The summed E-state index contributed by atoms with van der Waals surface area (Å²) in [6.07, 6.45) is 28.2. The predicted molar refractivity (Wildman–Crippen MR) is 297 cm³/mol. The predicted octanol–water partition coefficient (Wildman–Crippen LogP) is 15.9. The van der Waals surface area contributed by atoms with Gasteiger partial charge in [-0.15, -0.1) is 0 Å². The summed E-state index contributed by atoms with van der Waals surface area (Å²) in [6.45, 7) is 40.8. The molecule has 4 aliphatic carbocycles. The fraction of sp³-hybridized carbons (Fsp3) is 0.688. The van der Waals surface area contributed by atoms with Gasteiger partial charge >= 0.3 is 0 Å². The van der Waals surface area contributed by atoms with E-state index in [9.17, 15) is 0 Å². The maximum absolute atomic E-state index is 7.29. The molecule has 0 saturated heterocycles. The molecule has 8 rings (SSSR count). The molecule has 2 aromatic heterocycles. The van der Waals surface area contributed by atoms with Crippen LogP contribution < -0.4 is 21.1 Å². The highest BCUT2D eigenvalue weighted by Gasteiger charge is 2.60. The van der Waals surface area contributed by atoms with Gasteiger partial charge in [0.25, 0.3) is 0 Å². The van der Waals surface area contributed by atoms with Crippen LogP contribution in [0.1, 0.15) is 284 Å². The second-order valence-electron chi connectivity index (χ2n) is 23.5. The third kappa shape index (κ3) is 6.75. The van der Waals surface area contributed by atoms with Crippen molar-refractivity contribution in [3.05, 3.63) is 93.4 Å². The van der Waals surface area contributed by atoms with Gasteiger partial charge in [-0.3, -0.25) is 0 Å². The SMILES string of the molecule is CCC1(CC)CC(CC)(CC)c2c1cc1c(c2/[Si](c2ccco2)=[Si](\c2ccco2)c2c3c(cc4c2C(CC)(CC)CC4(CC)CC)C(CC)(CC)CC3(CC)CC)C(CC)(CC)CC1(CC)CC. The zero-order chi connectivity index (χ0) is 49.3. The van der Waals surface area contributed by atoms with Crippen molar-refractivity contribution in [2.75, 3.05) is 0 Å². The number of hydrogen-bond donors (Lipinski definition) is 0. The maximum Gasteiger partial charge on any atom is 0.119 e. The van der Waals surface area contributed by atoms with Crippen LogP contribution in [0.25, 0.3) is 0 Å². The Morgan fingerprint density at radius 2 is 0.529 bits per heavy atom. The summed E-state index contributed by atoms with van der Waals surface area (Å²) in [5, 5.41) is 6.19. The number of fused-ring (bicyclic) bond motifs is 4. The molecule has 4 heteroatoms. The van der Waals surface area contributed by atoms with E-state index in [1.54, 1.807) is 44.5 Å². The Bertz CT molecular complexity index is 2150. The quantitative estimate of drug-likeness (QED) is 0.0825. The summed E-state index contributed by atoms with van der Waals surface area (Å²) >= 11 is 0. The van der Waals surface area contributed by atoms with Crippen LogP contribution in [0.15, 0.2) is 57.8 Å². The average molecular weight is 954 g/mol. The topological polar surface area (TPSA) is 26.3 Å². The molecule has 68 heavy (non-hydrogen) atoms. The molecule has 0 atom stereocenters. The molecular formula is C64H96O2Si2. The van der Waals surface area contributed by atoms with E-state index in [2.05, 4.69) is 160 Å². The van der Waals surface area contributed by atoms with Crippen molar-refractivity contribution in [1.82, 2.24) is 0 Å². The van der Waals surface area contributed by atoms with Crippen LogP contribution in [0.3, 0.4) is 0 Å². The van der Waals surface area contributed by atoms with Crippen LogP contribution in [0.4, 0.5) is 0 Å². The molecule has 0 N–H and O–H groups in total. The zero-order valence-electron chi connectivity index (χ0n) is 46.6. The van der Waals surface area contributed by atoms with Gasteiger partial charge in [0.05, 0.1) is 12.5 Å². The third-order valence-corrected chi connectivity index (χ3v) is 31.4. The lowest BCUT2D eigenvalue weighted by molar-refractivity contribution is 0.278. The van der Waals surface area contributed by atoms with Crippen LogP contribution >= 0.6 is 0 Å². The maximum atomic E-state index is 7.29. The van der Waals surface area contributed by atoms with E-state index < -0.39 is 15.8 Å². The highest BCUT2D eigenvalue weighted by atomic mass is 28.9. The van der Waals surface area contributed by atoms with Gasteiger partial charge < -0.3 is 8.83 Å². The second-order valence-corrected chi connectivity index (χ2v) is 30.0. The van der Waals surface area contributed by atoms with E-state index in [-0.39, 0.29) is 43.3 Å². The van der Waals surface area contributed by atoms with Gasteiger partial charge in [0, 0.05) is 0 Å². The molecule has 2 aromatic carbocycles. The molecule has 0 saturated carbocycles. The molecule has 0 fully saturated rings. The minimum absolute atomic E-state index is 0.105. The summed E-state index contributed by atoms with van der Waals surface area (Å²) in [6, 6.07) is 15.3. The van der Waals surface area contributed by atoms with Gasteiger partial charge in [-0.1, -0.05) is 123 Å². The highest BCUT2D eigenvalue weighted by Crippen LogP contribution is 2.64. The van der Waals surface area contributed by atoms with Crippen molar-refractivity contribution in [3.63, 3.8) is 0 Å². The van der Waals surface area contributed by atoms with Crippen LogP contribution in [-0.2, 0) is 43.3 Å². The molecule has 0 radical (unpaired) electrons. The third-order valence-electron chi connectivity index (χ3n) is 22.9. The fourth-order valence-electron chi connectivity index (χ4n) is 17.6. The highest BCUT2D eigenvalue weighted by molar-refractivity contribution is 7.19. The number of hydrogen-bond acceptors (Lipinski definition) is 2. The van der Waals surface area contributed by atoms with E-state index in [1.807, 2.05) is 10.4 Å². The van der Waals surface area contributed by atoms with Crippen molar-refractivity contribution >= 4 is 36.9 Å². The first-order chi connectivity index (χ1) is 32.7. The van der Waals surface area contributed by atoms with E-state index in [0.717, 1.165) is 0 Å².